The van der Waals surface area contributed by atoms with Gasteiger partial charge >= 0.3 is 0 Å². The number of anilines is 2. The number of nitrogen functional groups attached to an aromatic ring is 2. The summed E-state index contributed by atoms with van der Waals surface area (Å²) in [5.41, 5.74) is 14.2. The van der Waals surface area contributed by atoms with Gasteiger partial charge in [-0.3, -0.25) is 0 Å². The zero-order valence-corrected chi connectivity index (χ0v) is 8.14. The maximum atomic E-state index is 9.68. The predicted molar refractivity (Wildman–Crippen MR) is 62.4 cm³/mol. The molecule has 5 N–H and O–H groups in total. The van der Waals surface area contributed by atoms with Crippen LogP contribution in [0.15, 0.2) is 42.5 Å². The molecule has 0 aliphatic heterocycles. The summed E-state index contributed by atoms with van der Waals surface area (Å²) < 4.78 is 0. The van der Waals surface area contributed by atoms with Crippen molar-refractivity contribution in [1.29, 1.82) is 0 Å². The van der Waals surface area contributed by atoms with Crippen LogP contribution in [0.4, 0.5) is 11.4 Å². The lowest BCUT2D eigenvalue weighted by Crippen LogP contribution is -1.93. The summed E-state index contributed by atoms with van der Waals surface area (Å²) >= 11 is 0. The Morgan fingerprint density at radius 2 is 1.60 bits per heavy atom. The molecule has 3 nitrogen and oxygen atoms in total. The average Bonchev–Trinajstić information content (AvgIpc) is 2.23. The van der Waals surface area contributed by atoms with Crippen molar-refractivity contribution in [2.75, 3.05) is 11.5 Å². The first-order valence-corrected chi connectivity index (χ1v) is 4.62. The van der Waals surface area contributed by atoms with Gasteiger partial charge in [0, 0.05) is 22.5 Å². The lowest BCUT2D eigenvalue weighted by Gasteiger charge is -2.08. The molecule has 3 heteroatoms. The fraction of sp³-hybridized carbons (Fsp3) is 0. The van der Waals surface area contributed by atoms with E-state index in [1.165, 1.54) is 0 Å². The molecule has 2 aromatic rings. The van der Waals surface area contributed by atoms with Crippen LogP contribution < -0.4 is 11.5 Å². The summed E-state index contributed by atoms with van der Waals surface area (Å²) in [5.74, 6) is 0.204. The lowest BCUT2D eigenvalue weighted by molar-refractivity contribution is 0.477. The van der Waals surface area contributed by atoms with Crippen molar-refractivity contribution in [2.24, 2.45) is 0 Å². The first-order valence-electron chi connectivity index (χ1n) is 4.62. The highest BCUT2D eigenvalue weighted by Crippen LogP contribution is 2.33. The molecule has 0 spiro atoms. The highest BCUT2D eigenvalue weighted by Gasteiger charge is 2.06. The van der Waals surface area contributed by atoms with Crippen LogP contribution in [0.5, 0.6) is 5.75 Å². The Balaban J connectivity index is 2.64. The summed E-state index contributed by atoms with van der Waals surface area (Å²) in [6.45, 7) is 0. The Morgan fingerprint density at radius 3 is 2.33 bits per heavy atom. The molecule has 0 radical (unpaired) electrons. The minimum Gasteiger partial charge on any atom is -0.507 e. The van der Waals surface area contributed by atoms with Crippen LogP contribution in [0.3, 0.4) is 0 Å². The van der Waals surface area contributed by atoms with E-state index in [2.05, 4.69) is 0 Å². The third kappa shape index (κ3) is 1.72. The van der Waals surface area contributed by atoms with Gasteiger partial charge in [0.25, 0.3) is 0 Å². The molecule has 0 amide bonds. The number of nitrogens with two attached hydrogens (primary N) is 2. The largest absolute Gasteiger partial charge is 0.507 e. The summed E-state index contributed by atoms with van der Waals surface area (Å²) in [6, 6.07) is 12.3. The number of benzene rings is 2. The van der Waals surface area contributed by atoms with Crippen LogP contribution in [0.2, 0.25) is 0 Å². The second kappa shape index (κ2) is 3.53. The quantitative estimate of drug-likeness (QED) is 0.618. The number of phenols is 1. The first-order chi connectivity index (χ1) is 7.18. The lowest BCUT2D eigenvalue weighted by atomic mass is 10.0. The highest BCUT2D eigenvalue weighted by atomic mass is 16.3. The number of hydrogen-bond donors (Lipinski definition) is 3. The predicted octanol–water partition coefficient (Wildman–Crippen LogP) is 2.22. The van der Waals surface area contributed by atoms with Crippen LogP contribution in [0, 0.1) is 0 Å². The Morgan fingerprint density at radius 1 is 0.867 bits per heavy atom. The number of hydrogen-bond acceptors (Lipinski definition) is 3. The highest BCUT2D eigenvalue weighted by molar-refractivity contribution is 5.82. The number of rotatable bonds is 1. The fourth-order valence-electron chi connectivity index (χ4n) is 1.51. The number of aromatic hydroxyl groups is 1. The standard InChI is InChI=1S/C12H12N2O/c13-8-5-6-11(14)10(7-8)9-3-1-2-4-12(9)15/h1-7,15H,13-14H2. The van der Waals surface area contributed by atoms with Gasteiger partial charge in [0.05, 0.1) is 0 Å². The van der Waals surface area contributed by atoms with Crippen LogP contribution in [0.25, 0.3) is 11.1 Å². The molecule has 2 rings (SSSR count). The van der Waals surface area contributed by atoms with Gasteiger partial charge in [-0.15, -0.1) is 0 Å². The molecule has 0 heterocycles. The van der Waals surface area contributed by atoms with E-state index in [9.17, 15) is 5.11 Å². The van der Waals surface area contributed by atoms with E-state index in [-0.39, 0.29) is 5.75 Å². The van der Waals surface area contributed by atoms with Crippen molar-refractivity contribution in [3.05, 3.63) is 42.5 Å². The third-order valence-electron chi connectivity index (χ3n) is 2.27. The van der Waals surface area contributed by atoms with Crippen molar-refractivity contribution >= 4 is 11.4 Å². The van der Waals surface area contributed by atoms with Gasteiger partial charge in [-0.05, 0) is 24.3 Å². The van der Waals surface area contributed by atoms with E-state index >= 15 is 0 Å². The molecule has 0 fully saturated rings. The Kier molecular flexibility index (Phi) is 2.21. The van der Waals surface area contributed by atoms with E-state index in [4.69, 9.17) is 11.5 Å². The van der Waals surface area contributed by atoms with E-state index in [0.29, 0.717) is 16.9 Å². The van der Waals surface area contributed by atoms with Gasteiger partial charge in [0.15, 0.2) is 0 Å². The Hall–Kier alpha value is -2.16. The third-order valence-corrected chi connectivity index (χ3v) is 2.27. The monoisotopic (exact) mass is 200 g/mol. The van der Waals surface area contributed by atoms with E-state index in [1.807, 2.05) is 6.07 Å². The van der Waals surface area contributed by atoms with Crippen molar-refractivity contribution in [3.63, 3.8) is 0 Å². The van der Waals surface area contributed by atoms with E-state index < -0.39 is 0 Å². The molecule has 0 unspecified atom stereocenters. The van der Waals surface area contributed by atoms with Gasteiger partial charge in [0.2, 0.25) is 0 Å². The van der Waals surface area contributed by atoms with Crippen LogP contribution >= 0.6 is 0 Å². The van der Waals surface area contributed by atoms with Gasteiger partial charge in [0.1, 0.15) is 5.75 Å². The van der Waals surface area contributed by atoms with Gasteiger partial charge in [-0.2, -0.15) is 0 Å². The van der Waals surface area contributed by atoms with Gasteiger partial charge < -0.3 is 16.6 Å². The molecule has 0 saturated carbocycles. The summed E-state index contributed by atoms with van der Waals surface area (Å²) in [7, 11) is 0. The average molecular weight is 200 g/mol. The second-order valence-electron chi connectivity index (χ2n) is 3.36. The zero-order valence-electron chi connectivity index (χ0n) is 8.14. The normalized spacial score (nSPS) is 10.1. The smallest absolute Gasteiger partial charge is 0.123 e. The van der Waals surface area contributed by atoms with Crippen molar-refractivity contribution in [1.82, 2.24) is 0 Å². The van der Waals surface area contributed by atoms with Gasteiger partial charge in [-0.25, -0.2) is 0 Å². The van der Waals surface area contributed by atoms with Crippen molar-refractivity contribution < 1.29 is 5.11 Å². The minimum absolute atomic E-state index is 0.204. The SMILES string of the molecule is Nc1ccc(N)c(-c2ccccc2O)c1. The summed E-state index contributed by atoms with van der Waals surface area (Å²) in [4.78, 5) is 0. The second-order valence-corrected chi connectivity index (χ2v) is 3.36. The molecule has 0 aliphatic rings. The summed E-state index contributed by atoms with van der Waals surface area (Å²) in [5, 5.41) is 9.68. The molecule has 76 valence electrons. The minimum atomic E-state index is 0.204. The van der Waals surface area contributed by atoms with Crippen molar-refractivity contribution in [2.45, 2.75) is 0 Å². The van der Waals surface area contributed by atoms with E-state index in [0.717, 1.165) is 5.56 Å². The molecule has 0 atom stereocenters. The van der Waals surface area contributed by atoms with Gasteiger partial charge in [-0.1, -0.05) is 18.2 Å². The van der Waals surface area contributed by atoms with Crippen LogP contribution in [0.1, 0.15) is 0 Å². The molecule has 15 heavy (non-hydrogen) atoms. The zero-order chi connectivity index (χ0) is 10.8. The van der Waals surface area contributed by atoms with Crippen LogP contribution in [-0.2, 0) is 0 Å². The van der Waals surface area contributed by atoms with Crippen LogP contribution in [-0.4, -0.2) is 5.11 Å². The Labute approximate surface area is 88.0 Å². The molecule has 0 aliphatic carbocycles. The Bertz CT molecular complexity index is 495. The fourth-order valence-corrected chi connectivity index (χ4v) is 1.51. The molecular weight excluding hydrogens is 188 g/mol. The molecule has 0 aromatic heterocycles. The molecule has 0 saturated heterocycles. The number of para-hydroxylation sites is 1. The molecule has 0 bridgehead atoms. The van der Waals surface area contributed by atoms with E-state index in [1.54, 1.807) is 36.4 Å². The molecular formula is C12H12N2O. The maximum absolute atomic E-state index is 9.68. The first kappa shape index (κ1) is 9.40. The van der Waals surface area contributed by atoms with Crippen molar-refractivity contribution in [3.8, 4) is 16.9 Å². The maximum Gasteiger partial charge on any atom is 0.123 e. The topological polar surface area (TPSA) is 72.3 Å². The summed E-state index contributed by atoms with van der Waals surface area (Å²) in [6.07, 6.45) is 0. The number of phenolic OH excluding ortho intramolecular Hbond substituents is 1. The molecule has 2 aromatic carbocycles.